The molecule has 4 rings (SSSR count). The van der Waals surface area contributed by atoms with Crippen molar-refractivity contribution in [2.24, 2.45) is 0 Å². The lowest BCUT2D eigenvalue weighted by molar-refractivity contribution is -0.0163. The second kappa shape index (κ2) is 6.64. The van der Waals surface area contributed by atoms with Crippen molar-refractivity contribution >= 4 is 16.9 Å². The second-order valence-electron chi connectivity index (χ2n) is 6.05. The van der Waals surface area contributed by atoms with Crippen LogP contribution in [0.3, 0.4) is 0 Å². The summed E-state index contributed by atoms with van der Waals surface area (Å²) in [6.45, 7) is 3.54. The highest BCUT2D eigenvalue weighted by Crippen LogP contribution is 2.28. The fourth-order valence-electron chi connectivity index (χ4n) is 3.32. The van der Waals surface area contributed by atoms with Gasteiger partial charge in [-0.2, -0.15) is 0 Å². The molecule has 1 aliphatic rings. The molecule has 1 saturated heterocycles. The molecule has 130 valence electrons. The van der Waals surface area contributed by atoms with Gasteiger partial charge < -0.3 is 19.6 Å². The summed E-state index contributed by atoms with van der Waals surface area (Å²) in [6, 6.07) is 1.67. The van der Waals surface area contributed by atoms with E-state index in [1.807, 2.05) is 16.8 Å². The molecule has 8 heteroatoms. The Kier molecular flexibility index (Phi) is 4.19. The number of ether oxygens (including phenoxy) is 1. The van der Waals surface area contributed by atoms with E-state index in [0.29, 0.717) is 23.3 Å². The first-order chi connectivity index (χ1) is 12.3. The van der Waals surface area contributed by atoms with E-state index in [1.54, 1.807) is 12.4 Å². The van der Waals surface area contributed by atoms with Crippen LogP contribution in [0.15, 0.2) is 31.0 Å². The molecule has 1 fully saturated rings. The maximum absolute atomic E-state index is 12.8. The molecule has 8 nitrogen and oxygen atoms in total. The van der Waals surface area contributed by atoms with Crippen LogP contribution in [0.2, 0.25) is 0 Å². The molecular formula is C17H20N6O2. The normalized spacial score (nSPS) is 20.7. The first-order valence-corrected chi connectivity index (χ1v) is 8.49. The van der Waals surface area contributed by atoms with Gasteiger partial charge in [0.05, 0.1) is 11.4 Å². The van der Waals surface area contributed by atoms with Crippen LogP contribution in [0.25, 0.3) is 11.0 Å². The van der Waals surface area contributed by atoms with E-state index in [1.165, 1.54) is 6.33 Å². The maximum Gasteiger partial charge on any atom is 0.271 e. The fraction of sp³-hybridized carbons (Fsp3) is 0.412. The van der Waals surface area contributed by atoms with Gasteiger partial charge in [0.1, 0.15) is 29.6 Å². The number of rotatable bonds is 4. The van der Waals surface area contributed by atoms with E-state index in [-0.39, 0.29) is 18.1 Å². The first kappa shape index (κ1) is 15.8. The van der Waals surface area contributed by atoms with Crippen LogP contribution in [0.1, 0.15) is 42.2 Å². The lowest BCUT2D eigenvalue weighted by Gasteiger charge is -2.32. The number of aryl methyl sites for hydroxylation is 1. The minimum atomic E-state index is -0.254. The minimum Gasteiger partial charge on any atom is -0.368 e. The smallest absolute Gasteiger partial charge is 0.271 e. The predicted octanol–water partition coefficient (Wildman–Crippen LogP) is 1.82. The molecule has 0 unspecified atom stereocenters. The monoisotopic (exact) mass is 340 g/mol. The summed E-state index contributed by atoms with van der Waals surface area (Å²) in [6.07, 6.45) is 8.33. The van der Waals surface area contributed by atoms with E-state index in [0.717, 1.165) is 25.2 Å². The van der Waals surface area contributed by atoms with Crippen molar-refractivity contribution in [1.29, 1.82) is 0 Å². The molecule has 0 aliphatic carbocycles. The van der Waals surface area contributed by atoms with E-state index in [2.05, 4.69) is 32.2 Å². The molecule has 2 atom stereocenters. The lowest BCUT2D eigenvalue weighted by atomic mass is 10.0. The number of nitrogens with one attached hydrogen (secondary N) is 2. The van der Waals surface area contributed by atoms with E-state index < -0.39 is 0 Å². The van der Waals surface area contributed by atoms with Crippen LogP contribution in [0, 0.1) is 0 Å². The van der Waals surface area contributed by atoms with Gasteiger partial charge in [0, 0.05) is 31.7 Å². The maximum atomic E-state index is 12.8. The third-order valence-electron chi connectivity index (χ3n) is 4.55. The zero-order valence-electron chi connectivity index (χ0n) is 14.0. The van der Waals surface area contributed by atoms with Crippen molar-refractivity contribution in [3.05, 3.63) is 42.5 Å². The van der Waals surface area contributed by atoms with E-state index in [9.17, 15) is 4.79 Å². The second-order valence-corrected chi connectivity index (χ2v) is 6.05. The lowest BCUT2D eigenvalue weighted by Crippen LogP contribution is -2.43. The molecule has 1 amide bonds. The zero-order chi connectivity index (χ0) is 17.2. The van der Waals surface area contributed by atoms with Gasteiger partial charge in [-0.25, -0.2) is 15.0 Å². The summed E-state index contributed by atoms with van der Waals surface area (Å²) >= 11 is 0. The standard InChI is InChI=1S/C17H20N6O2/c1-2-23-8-7-19-16(23)14-12(4-3-9-25-14)22-17(24)13-11-5-6-18-15(11)21-10-20-13/h5-8,10,12,14H,2-4,9H2,1H3,(H,22,24)(H,18,20,21)/t12-,14-/m1/s1. The van der Waals surface area contributed by atoms with Crippen LogP contribution in [-0.4, -0.2) is 43.1 Å². The van der Waals surface area contributed by atoms with Gasteiger partial charge in [-0.3, -0.25) is 4.79 Å². The van der Waals surface area contributed by atoms with Crippen molar-refractivity contribution in [3.8, 4) is 0 Å². The van der Waals surface area contributed by atoms with Crippen LogP contribution in [0.5, 0.6) is 0 Å². The summed E-state index contributed by atoms with van der Waals surface area (Å²) in [7, 11) is 0. The molecular weight excluding hydrogens is 320 g/mol. The van der Waals surface area contributed by atoms with Crippen molar-refractivity contribution in [3.63, 3.8) is 0 Å². The number of imidazole rings is 1. The number of aromatic amines is 1. The number of carbonyl (C=O) groups excluding carboxylic acids is 1. The number of H-pyrrole nitrogens is 1. The van der Waals surface area contributed by atoms with Gasteiger partial charge in [0.25, 0.3) is 5.91 Å². The van der Waals surface area contributed by atoms with Gasteiger partial charge in [-0.05, 0) is 25.8 Å². The molecule has 0 aromatic carbocycles. The molecule has 1 aliphatic heterocycles. The third-order valence-corrected chi connectivity index (χ3v) is 4.55. The van der Waals surface area contributed by atoms with Crippen LogP contribution in [0.4, 0.5) is 0 Å². The minimum absolute atomic E-state index is 0.141. The Hall–Kier alpha value is -2.74. The van der Waals surface area contributed by atoms with Crippen molar-refractivity contribution < 1.29 is 9.53 Å². The number of hydrogen-bond donors (Lipinski definition) is 2. The summed E-state index contributed by atoms with van der Waals surface area (Å²) in [5.74, 6) is 0.629. The number of aromatic nitrogens is 5. The predicted molar refractivity (Wildman–Crippen MR) is 91.0 cm³/mol. The summed E-state index contributed by atoms with van der Waals surface area (Å²) in [5, 5.41) is 3.80. The average molecular weight is 340 g/mol. The Labute approximate surface area is 144 Å². The molecule has 0 spiro atoms. The molecule has 3 aromatic heterocycles. The average Bonchev–Trinajstić information content (AvgIpc) is 3.30. The number of carbonyl (C=O) groups is 1. The molecule has 0 bridgehead atoms. The SMILES string of the molecule is CCn1ccnc1[C@@H]1OCCC[C@H]1NC(=O)c1ncnc2[nH]ccc12. The molecule has 0 radical (unpaired) electrons. The fourth-order valence-corrected chi connectivity index (χ4v) is 3.32. The highest BCUT2D eigenvalue weighted by molar-refractivity contribution is 6.03. The molecule has 0 saturated carbocycles. The van der Waals surface area contributed by atoms with Crippen LogP contribution < -0.4 is 5.32 Å². The Morgan fingerprint density at radius 3 is 3.24 bits per heavy atom. The van der Waals surface area contributed by atoms with E-state index >= 15 is 0 Å². The third kappa shape index (κ3) is 2.89. The molecule has 2 N–H and O–H groups in total. The number of nitrogens with zero attached hydrogens (tertiary/aromatic N) is 4. The van der Waals surface area contributed by atoms with Crippen LogP contribution in [-0.2, 0) is 11.3 Å². The topological polar surface area (TPSA) is 97.7 Å². The van der Waals surface area contributed by atoms with Gasteiger partial charge >= 0.3 is 0 Å². The Morgan fingerprint density at radius 1 is 1.44 bits per heavy atom. The Bertz CT molecular complexity index is 886. The molecule has 4 heterocycles. The quantitative estimate of drug-likeness (QED) is 0.755. The zero-order valence-corrected chi connectivity index (χ0v) is 14.0. The van der Waals surface area contributed by atoms with Gasteiger partial charge in [-0.1, -0.05) is 0 Å². The largest absolute Gasteiger partial charge is 0.368 e. The first-order valence-electron chi connectivity index (χ1n) is 8.49. The number of amides is 1. The van der Waals surface area contributed by atoms with Crippen molar-refractivity contribution in [1.82, 2.24) is 29.8 Å². The summed E-state index contributed by atoms with van der Waals surface area (Å²) < 4.78 is 8.00. The van der Waals surface area contributed by atoms with Crippen molar-refractivity contribution in [2.45, 2.75) is 38.5 Å². The molecule has 3 aromatic rings. The van der Waals surface area contributed by atoms with Gasteiger partial charge in [-0.15, -0.1) is 0 Å². The summed E-state index contributed by atoms with van der Waals surface area (Å²) in [4.78, 5) is 28.5. The van der Waals surface area contributed by atoms with Gasteiger partial charge in [0.15, 0.2) is 0 Å². The van der Waals surface area contributed by atoms with Crippen molar-refractivity contribution in [2.75, 3.05) is 6.61 Å². The number of hydrogen-bond acceptors (Lipinski definition) is 5. The summed E-state index contributed by atoms with van der Waals surface area (Å²) in [5.41, 5.74) is 1.02. The highest BCUT2D eigenvalue weighted by Gasteiger charge is 2.32. The highest BCUT2D eigenvalue weighted by atomic mass is 16.5. The Balaban J connectivity index is 1.59. The number of fused-ring (bicyclic) bond motifs is 1. The molecule has 25 heavy (non-hydrogen) atoms. The Morgan fingerprint density at radius 2 is 2.36 bits per heavy atom. The van der Waals surface area contributed by atoms with Crippen LogP contribution >= 0.6 is 0 Å². The van der Waals surface area contributed by atoms with E-state index in [4.69, 9.17) is 4.74 Å². The van der Waals surface area contributed by atoms with Gasteiger partial charge in [0.2, 0.25) is 0 Å².